The van der Waals surface area contributed by atoms with Gasteiger partial charge >= 0.3 is 0 Å². The van der Waals surface area contributed by atoms with Crippen LogP contribution < -0.4 is 15.2 Å². The average Bonchev–Trinajstić information content (AvgIpc) is 2.71. The molecule has 0 aliphatic rings. The van der Waals surface area contributed by atoms with Crippen LogP contribution in [0.15, 0.2) is 42.7 Å². The summed E-state index contributed by atoms with van der Waals surface area (Å²) in [6, 6.07) is 9.18. The number of carbonyl (C=O) groups is 1. The quantitative estimate of drug-likeness (QED) is 0.677. The van der Waals surface area contributed by atoms with Crippen molar-refractivity contribution in [1.82, 2.24) is 9.88 Å². The summed E-state index contributed by atoms with van der Waals surface area (Å²) in [6.07, 6.45) is 4.25. The normalized spacial score (nSPS) is 11.9. The fraction of sp³-hybridized carbons (Fsp3) is 0.455. The Hall–Kier alpha value is -2.60. The molecule has 0 saturated carbocycles. The first-order valence-corrected chi connectivity index (χ1v) is 9.72. The largest absolute Gasteiger partial charge is 0.490 e. The van der Waals surface area contributed by atoms with Crippen LogP contribution in [-0.4, -0.2) is 42.0 Å². The second kappa shape index (κ2) is 10.7. The van der Waals surface area contributed by atoms with Crippen molar-refractivity contribution in [3.05, 3.63) is 53.9 Å². The number of nitrogens with two attached hydrogens (primary N) is 1. The van der Waals surface area contributed by atoms with Crippen molar-refractivity contribution >= 4 is 5.91 Å². The standard InChI is InChI=1S/C22H31N3O3/c1-5-27-21-13-18(22(26)25(4)12-10-19(23)16(2)3)8-9-20(21)28-15-17-7-6-11-24-14-17/h6-9,11,13-14,16,19H,5,10,12,15,23H2,1-4H3. The van der Waals surface area contributed by atoms with Crippen molar-refractivity contribution in [3.63, 3.8) is 0 Å². The van der Waals surface area contributed by atoms with Gasteiger partial charge in [0.05, 0.1) is 6.61 Å². The van der Waals surface area contributed by atoms with E-state index in [-0.39, 0.29) is 11.9 Å². The number of nitrogens with zero attached hydrogens (tertiary/aromatic N) is 2. The number of pyridine rings is 1. The van der Waals surface area contributed by atoms with E-state index in [1.54, 1.807) is 42.5 Å². The molecule has 1 aromatic carbocycles. The van der Waals surface area contributed by atoms with Gasteiger partial charge in [0.25, 0.3) is 5.91 Å². The van der Waals surface area contributed by atoms with Crippen LogP contribution in [0.2, 0.25) is 0 Å². The number of carbonyl (C=O) groups excluding carboxylic acids is 1. The number of hydrogen-bond donors (Lipinski definition) is 1. The molecule has 0 spiro atoms. The van der Waals surface area contributed by atoms with Crippen LogP contribution in [0.5, 0.6) is 11.5 Å². The summed E-state index contributed by atoms with van der Waals surface area (Å²) in [4.78, 5) is 18.5. The molecule has 0 aliphatic carbocycles. The molecular formula is C22H31N3O3. The van der Waals surface area contributed by atoms with Gasteiger partial charge in [-0.25, -0.2) is 0 Å². The van der Waals surface area contributed by atoms with E-state index in [9.17, 15) is 4.79 Å². The second-order valence-corrected chi connectivity index (χ2v) is 7.17. The van der Waals surface area contributed by atoms with Gasteiger partial charge in [-0.05, 0) is 43.5 Å². The molecule has 0 bridgehead atoms. The smallest absolute Gasteiger partial charge is 0.253 e. The second-order valence-electron chi connectivity index (χ2n) is 7.17. The van der Waals surface area contributed by atoms with Crippen molar-refractivity contribution in [2.24, 2.45) is 11.7 Å². The molecule has 1 unspecified atom stereocenters. The summed E-state index contributed by atoms with van der Waals surface area (Å²) in [6.45, 7) is 7.56. The highest BCUT2D eigenvalue weighted by Gasteiger charge is 2.17. The molecule has 6 heteroatoms. The molecule has 152 valence electrons. The van der Waals surface area contributed by atoms with E-state index in [0.29, 0.717) is 42.7 Å². The van der Waals surface area contributed by atoms with E-state index in [4.69, 9.17) is 15.2 Å². The summed E-state index contributed by atoms with van der Waals surface area (Å²) in [7, 11) is 1.79. The van der Waals surface area contributed by atoms with Gasteiger partial charge in [-0.2, -0.15) is 0 Å². The van der Waals surface area contributed by atoms with Gasteiger partial charge in [0.15, 0.2) is 11.5 Å². The molecule has 28 heavy (non-hydrogen) atoms. The number of aromatic nitrogens is 1. The van der Waals surface area contributed by atoms with E-state index < -0.39 is 0 Å². The number of rotatable bonds is 10. The van der Waals surface area contributed by atoms with E-state index >= 15 is 0 Å². The van der Waals surface area contributed by atoms with E-state index in [2.05, 4.69) is 18.8 Å². The van der Waals surface area contributed by atoms with E-state index in [1.807, 2.05) is 19.1 Å². The van der Waals surface area contributed by atoms with Crippen molar-refractivity contribution in [3.8, 4) is 11.5 Å². The van der Waals surface area contributed by atoms with Crippen LogP contribution >= 0.6 is 0 Å². The predicted molar refractivity (Wildman–Crippen MR) is 111 cm³/mol. The predicted octanol–water partition coefficient (Wildman–Crippen LogP) is 3.50. The highest BCUT2D eigenvalue weighted by molar-refractivity contribution is 5.94. The van der Waals surface area contributed by atoms with Gasteiger partial charge in [0, 0.05) is 43.2 Å². The third-order valence-electron chi connectivity index (χ3n) is 4.61. The average molecular weight is 386 g/mol. The molecule has 0 saturated heterocycles. The maximum absolute atomic E-state index is 12.8. The molecule has 2 N–H and O–H groups in total. The third-order valence-corrected chi connectivity index (χ3v) is 4.61. The molecule has 1 heterocycles. The SMILES string of the molecule is CCOc1cc(C(=O)N(C)CCC(N)C(C)C)ccc1OCc1cccnc1. The first-order chi connectivity index (χ1) is 13.4. The van der Waals surface area contributed by atoms with Crippen LogP contribution in [0.4, 0.5) is 0 Å². The number of ether oxygens (including phenoxy) is 2. The first-order valence-electron chi connectivity index (χ1n) is 9.72. The highest BCUT2D eigenvalue weighted by atomic mass is 16.5. The summed E-state index contributed by atoms with van der Waals surface area (Å²) >= 11 is 0. The van der Waals surface area contributed by atoms with Crippen LogP contribution in [0, 0.1) is 5.92 Å². The Morgan fingerprint density at radius 1 is 1.21 bits per heavy atom. The molecular weight excluding hydrogens is 354 g/mol. The molecule has 1 aromatic heterocycles. The molecule has 0 fully saturated rings. The monoisotopic (exact) mass is 385 g/mol. The highest BCUT2D eigenvalue weighted by Crippen LogP contribution is 2.29. The van der Waals surface area contributed by atoms with Crippen molar-refractivity contribution in [1.29, 1.82) is 0 Å². The van der Waals surface area contributed by atoms with Gasteiger partial charge in [-0.3, -0.25) is 9.78 Å². The summed E-state index contributed by atoms with van der Waals surface area (Å²) in [5.41, 5.74) is 7.62. The summed E-state index contributed by atoms with van der Waals surface area (Å²) in [5.74, 6) is 1.50. The zero-order chi connectivity index (χ0) is 20.5. The fourth-order valence-electron chi connectivity index (χ4n) is 2.67. The van der Waals surface area contributed by atoms with Gasteiger partial charge in [0.2, 0.25) is 0 Å². The minimum atomic E-state index is -0.0595. The lowest BCUT2D eigenvalue weighted by molar-refractivity contribution is 0.0788. The lowest BCUT2D eigenvalue weighted by atomic mass is 10.0. The lowest BCUT2D eigenvalue weighted by Crippen LogP contribution is -2.34. The zero-order valence-electron chi connectivity index (χ0n) is 17.2. The van der Waals surface area contributed by atoms with Crippen LogP contribution in [0.1, 0.15) is 43.1 Å². The van der Waals surface area contributed by atoms with Gasteiger partial charge in [0.1, 0.15) is 6.61 Å². The number of hydrogen-bond acceptors (Lipinski definition) is 5. The number of benzene rings is 1. The summed E-state index contributed by atoms with van der Waals surface area (Å²) in [5, 5.41) is 0. The van der Waals surface area contributed by atoms with Crippen molar-refractivity contribution in [2.45, 2.75) is 39.8 Å². The molecule has 0 aliphatic heterocycles. The zero-order valence-corrected chi connectivity index (χ0v) is 17.2. The first kappa shape index (κ1) is 21.7. The van der Waals surface area contributed by atoms with Crippen LogP contribution in [0.25, 0.3) is 0 Å². The Morgan fingerprint density at radius 3 is 2.64 bits per heavy atom. The minimum absolute atomic E-state index is 0.0595. The van der Waals surface area contributed by atoms with Gasteiger partial charge in [-0.1, -0.05) is 19.9 Å². The Bertz CT molecular complexity index is 750. The lowest BCUT2D eigenvalue weighted by Gasteiger charge is -2.22. The third kappa shape index (κ3) is 6.23. The number of amides is 1. The molecule has 6 nitrogen and oxygen atoms in total. The van der Waals surface area contributed by atoms with Crippen molar-refractivity contribution < 1.29 is 14.3 Å². The molecule has 2 aromatic rings. The van der Waals surface area contributed by atoms with E-state index in [1.165, 1.54) is 0 Å². The molecule has 1 atom stereocenters. The Morgan fingerprint density at radius 2 is 2.00 bits per heavy atom. The molecule has 0 radical (unpaired) electrons. The Kier molecular flexibility index (Phi) is 8.26. The van der Waals surface area contributed by atoms with Crippen molar-refractivity contribution in [2.75, 3.05) is 20.2 Å². The van der Waals surface area contributed by atoms with Crippen LogP contribution in [-0.2, 0) is 6.61 Å². The summed E-state index contributed by atoms with van der Waals surface area (Å²) < 4.78 is 11.6. The van der Waals surface area contributed by atoms with Gasteiger partial charge in [-0.15, -0.1) is 0 Å². The molecule has 2 rings (SSSR count). The maximum Gasteiger partial charge on any atom is 0.253 e. The maximum atomic E-state index is 12.8. The topological polar surface area (TPSA) is 77.7 Å². The fourth-order valence-corrected chi connectivity index (χ4v) is 2.67. The molecule has 1 amide bonds. The Labute approximate surface area is 167 Å². The van der Waals surface area contributed by atoms with Crippen LogP contribution in [0.3, 0.4) is 0 Å². The van der Waals surface area contributed by atoms with E-state index in [0.717, 1.165) is 12.0 Å². The minimum Gasteiger partial charge on any atom is -0.490 e. The van der Waals surface area contributed by atoms with Gasteiger partial charge < -0.3 is 20.1 Å². The Balaban J connectivity index is 2.06.